The number of benzene rings is 1. The van der Waals surface area contributed by atoms with E-state index < -0.39 is 10.0 Å². The molecule has 0 aliphatic carbocycles. The third-order valence-corrected chi connectivity index (χ3v) is 7.06. The molecule has 0 radical (unpaired) electrons. The van der Waals surface area contributed by atoms with Crippen molar-refractivity contribution in [1.29, 1.82) is 0 Å². The van der Waals surface area contributed by atoms with Crippen LogP contribution in [-0.4, -0.2) is 62.4 Å². The molecule has 0 bridgehead atoms. The maximum absolute atomic E-state index is 12.8. The van der Waals surface area contributed by atoms with E-state index >= 15 is 0 Å². The van der Waals surface area contributed by atoms with Crippen LogP contribution >= 0.6 is 15.9 Å². The maximum Gasteiger partial charge on any atom is 0.251 e. The van der Waals surface area contributed by atoms with Crippen LogP contribution in [0.2, 0.25) is 0 Å². The largest absolute Gasteiger partial charge is 0.368 e. The van der Waals surface area contributed by atoms with Crippen molar-refractivity contribution in [2.45, 2.75) is 30.8 Å². The summed E-state index contributed by atoms with van der Waals surface area (Å²) in [5.74, 6) is -0.00984. The number of nitrogens with zero attached hydrogens (tertiary/aromatic N) is 2. The molecule has 2 heterocycles. The van der Waals surface area contributed by atoms with Crippen molar-refractivity contribution in [1.82, 2.24) is 9.21 Å². The number of carbonyl (C=O) groups excluding carboxylic acids is 1. The second kappa shape index (κ2) is 7.11. The Kier molecular flexibility index (Phi) is 5.29. The zero-order valence-corrected chi connectivity index (χ0v) is 16.0. The van der Waals surface area contributed by atoms with Gasteiger partial charge >= 0.3 is 0 Å². The SMILES string of the molecule is Cc1cc(Br)ccc1S(=O)(=O)N1CCN(C(=O)C2CCCO2)CC1. The Morgan fingerprint density at radius 2 is 1.96 bits per heavy atom. The third-order valence-electron chi connectivity index (χ3n) is 4.51. The van der Waals surface area contributed by atoms with Crippen LogP contribution in [0.3, 0.4) is 0 Å². The molecular weight excluding hydrogens is 396 g/mol. The van der Waals surface area contributed by atoms with Gasteiger partial charge in [0.05, 0.1) is 4.90 Å². The molecule has 2 aliphatic rings. The predicted molar refractivity (Wildman–Crippen MR) is 93.2 cm³/mol. The van der Waals surface area contributed by atoms with Gasteiger partial charge in [-0.25, -0.2) is 8.42 Å². The van der Waals surface area contributed by atoms with Crippen LogP contribution in [0.4, 0.5) is 0 Å². The lowest BCUT2D eigenvalue weighted by Crippen LogP contribution is -2.52. The monoisotopic (exact) mass is 416 g/mol. The van der Waals surface area contributed by atoms with E-state index in [2.05, 4.69) is 15.9 Å². The number of amides is 1. The molecule has 1 amide bonds. The normalized spacial score (nSPS) is 22.8. The molecular formula is C16H21BrN2O4S. The van der Waals surface area contributed by atoms with Gasteiger partial charge in [0.15, 0.2) is 0 Å². The van der Waals surface area contributed by atoms with Crippen molar-refractivity contribution >= 4 is 31.9 Å². The number of hydrogen-bond donors (Lipinski definition) is 0. The Morgan fingerprint density at radius 3 is 2.54 bits per heavy atom. The molecule has 2 saturated heterocycles. The number of ether oxygens (including phenoxy) is 1. The van der Waals surface area contributed by atoms with Crippen molar-refractivity contribution < 1.29 is 17.9 Å². The van der Waals surface area contributed by atoms with Crippen LogP contribution < -0.4 is 0 Å². The lowest BCUT2D eigenvalue weighted by atomic mass is 10.2. The van der Waals surface area contributed by atoms with Gasteiger partial charge in [0.25, 0.3) is 5.91 Å². The predicted octanol–water partition coefficient (Wildman–Crippen LogP) is 1.77. The summed E-state index contributed by atoms with van der Waals surface area (Å²) in [7, 11) is -3.53. The Labute approximate surface area is 150 Å². The summed E-state index contributed by atoms with van der Waals surface area (Å²) in [6.45, 7) is 3.87. The molecule has 1 unspecified atom stereocenters. The third kappa shape index (κ3) is 3.51. The lowest BCUT2D eigenvalue weighted by Gasteiger charge is -2.35. The first-order chi connectivity index (χ1) is 11.4. The van der Waals surface area contributed by atoms with Crippen LogP contribution in [0.1, 0.15) is 18.4 Å². The van der Waals surface area contributed by atoms with E-state index in [0.29, 0.717) is 43.2 Å². The Morgan fingerprint density at radius 1 is 1.25 bits per heavy atom. The van der Waals surface area contributed by atoms with Gasteiger partial charge in [0.2, 0.25) is 10.0 Å². The summed E-state index contributed by atoms with van der Waals surface area (Å²) < 4.78 is 33.4. The highest BCUT2D eigenvalue weighted by Crippen LogP contribution is 2.24. The zero-order chi connectivity index (χ0) is 17.3. The number of carbonyl (C=O) groups is 1. The van der Waals surface area contributed by atoms with Gasteiger partial charge in [-0.2, -0.15) is 4.31 Å². The minimum absolute atomic E-state index is 0.00984. The zero-order valence-electron chi connectivity index (χ0n) is 13.6. The van der Waals surface area contributed by atoms with Gasteiger partial charge in [-0.1, -0.05) is 15.9 Å². The summed E-state index contributed by atoms with van der Waals surface area (Å²) in [6.07, 6.45) is 1.32. The Balaban J connectivity index is 1.68. The molecule has 132 valence electrons. The summed E-state index contributed by atoms with van der Waals surface area (Å²) in [5, 5.41) is 0. The summed E-state index contributed by atoms with van der Waals surface area (Å²) in [5.41, 5.74) is 0.710. The molecule has 2 aliphatic heterocycles. The highest BCUT2D eigenvalue weighted by atomic mass is 79.9. The molecule has 0 saturated carbocycles. The summed E-state index contributed by atoms with van der Waals surface area (Å²) >= 11 is 3.35. The number of piperazine rings is 1. The first-order valence-electron chi connectivity index (χ1n) is 8.06. The molecule has 0 N–H and O–H groups in total. The van der Waals surface area contributed by atoms with Crippen LogP contribution in [0.15, 0.2) is 27.6 Å². The van der Waals surface area contributed by atoms with Gasteiger partial charge in [-0.3, -0.25) is 4.79 Å². The number of rotatable bonds is 3. The number of aryl methyl sites for hydroxylation is 1. The van der Waals surface area contributed by atoms with Gasteiger partial charge < -0.3 is 9.64 Å². The molecule has 8 heteroatoms. The molecule has 0 spiro atoms. The number of hydrogen-bond acceptors (Lipinski definition) is 4. The van der Waals surface area contributed by atoms with E-state index in [-0.39, 0.29) is 12.0 Å². The van der Waals surface area contributed by atoms with E-state index in [4.69, 9.17) is 4.74 Å². The average molecular weight is 417 g/mol. The lowest BCUT2D eigenvalue weighted by molar-refractivity contribution is -0.142. The smallest absolute Gasteiger partial charge is 0.251 e. The van der Waals surface area contributed by atoms with Crippen LogP contribution in [0, 0.1) is 6.92 Å². The maximum atomic E-state index is 12.8. The van der Waals surface area contributed by atoms with Gasteiger partial charge in [0.1, 0.15) is 6.10 Å². The number of halogens is 1. The topological polar surface area (TPSA) is 66.9 Å². The van der Waals surface area contributed by atoms with E-state index in [1.807, 2.05) is 0 Å². The molecule has 3 rings (SSSR count). The highest BCUT2D eigenvalue weighted by Gasteiger charge is 2.34. The molecule has 24 heavy (non-hydrogen) atoms. The van der Waals surface area contributed by atoms with Gasteiger partial charge in [-0.15, -0.1) is 0 Å². The Hall–Kier alpha value is -0.960. The second-order valence-electron chi connectivity index (χ2n) is 6.14. The first-order valence-corrected chi connectivity index (χ1v) is 10.3. The first kappa shape index (κ1) is 17.8. The van der Waals surface area contributed by atoms with Crippen molar-refractivity contribution in [2.24, 2.45) is 0 Å². The van der Waals surface area contributed by atoms with E-state index in [9.17, 15) is 13.2 Å². The van der Waals surface area contributed by atoms with E-state index in [0.717, 1.165) is 17.3 Å². The fourth-order valence-electron chi connectivity index (χ4n) is 3.17. The van der Waals surface area contributed by atoms with Crippen molar-refractivity contribution in [3.63, 3.8) is 0 Å². The van der Waals surface area contributed by atoms with Crippen molar-refractivity contribution in [3.05, 3.63) is 28.2 Å². The molecule has 1 aromatic rings. The quantitative estimate of drug-likeness (QED) is 0.752. The minimum atomic E-state index is -3.53. The fourth-order valence-corrected chi connectivity index (χ4v) is 5.27. The second-order valence-corrected chi connectivity index (χ2v) is 8.96. The molecule has 1 aromatic carbocycles. The van der Waals surface area contributed by atoms with Gasteiger partial charge in [-0.05, 0) is 43.5 Å². The average Bonchev–Trinajstić information content (AvgIpc) is 3.08. The fraction of sp³-hybridized carbons (Fsp3) is 0.562. The minimum Gasteiger partial charge on any atom is -0.368 e. The molecule has 2 fully saturated rings. The summed E-state index contributed by atoms with van der Waals surface area (Å²) in [4.78, 5) is 14.4. The van der Waals surface area contributed by atoms with Gasteiger partial charge in [0, 0.05) is 37.3 Å². The van der Waals surface area contributed by atoms with Crippen molar-refractivity contribution in [2.75, 3.05) is 32.8 Å². The van der Waals surface area contributed by atoms with Crippen LogP contribution in [0.25, 0.3) is 0 Å². The number of sulfonamides is 1. The van der Waals surface area contributed by atoms with Crippen LogP contribution in [0.5, 0.6) is 0 Å². The highest BCUT2D eigenvalue weighted by molar-refractivity contribution is 9.10. The molecule has 6 nitrogen and oxygen atoms in total. The van der Waals surface area contributed by atoms with Crippen molar-refractivity contribution in [3.8, 4) is 0 Å². The van der Waals surface area contributed by atoms with E-state index in [1.54, 1.807) is 30.0 Å². The van der Waals surface area contributed by atoms with Crippen LogP contribution in [-0.2, 0) is 19.6 Å². The van der Waals surface area contributed by atoms with E-state index in [1.165, 1.54) is 4.31 Å². The Bertz CT molecular complexity index is 724. The molecule has 1 atom stereocenters. The standard InChI is InChI=1S/C16H21BrN2O4S/c1-12-11-13(17)4-5-15(12)24(21,22)19-8-6-18(7-9-19)16(20)14-3-2-10-23-14/h4-5,11,14H,2-3,6-10H2,1H3. The summed E-state index contributed by atoms with van der Waals surface area (Å²) in [6, 6.07) is 5.15. The molecule has 0 aromatic heterocycles.